The summed E-state index contributed by atoms with van der Waals surface area (Å²) in [6.07, 6.45) is 0.618. The van der Waals surface area contributed by atoms with Crippen LogP contribution in [0.1, 0.15) is 31.4 Å². The molecule has 0 fully saturated rings. The summed E-state index contributed by atoms with van der Waals surface area (Å²) in [6, 6.07) is 15.6. The molecule has 0 aliphatic rings. The summed E-state index contributed by atoms with van der Waals surface area (Å²) in [5.41, 5.74) is 8.53. The van der Waals surface area contributed by atoms with Crippen LogP contribution in [-0.4, -0.2) is 37.3 Å². The lowest BCUT2D eigenvalue weighted by Gasteiger charge is -2.14. The number of carbonyl (C=O) groups excluding carboxylic acids is 1. The Labute approximate surface area is 231 Å². The summed E-state index contributed by atoms with van der Waals surface area (Å²) in [5, 5.41) is 8.04. The second kappa shape index (κ2) is 11.7. The van der Waals surface area contributed by atoms with Gasteiger partial charge < -0.3 is 15.8 Å². The van der Waals surface area contributed by atoms with Gasteiger partial charge in [0.25, 0.3) is 10.0 Å². The van der Waals surface area contributed by atoms with Crippen molar-refractivity contribution >= 4 is 55.6 Å². The Kier molecular flexibility index (Phi) is 8.61. The van der Waals surface area contributed by atoms with Gasteiger partial charge >= 0.3 is 0 Å². The van der Waals surface area contributed by atoms with Crippen molar-refractivity contribution in [1.29, 1.82) is 0 Å². The highest BCUT2D eigenvalue weighted by molar-refractivity contribution is 7.94. The molecule has 1 atom stereocenters. The molecule has 2 aromatic heterocycles. The number of thiophene rings is 1. The van der Waals surface area contributed by atoms with Crippen LogP contribution in [0.25, 0.3) is 10.9 Å². The standard InChI is InChI=1S/C26H30ClN5O4S2/c1-16(2)12-19(28)26(33)29-14-17-6-4-7-18(13-17)15-32-20-8-5-9-21(36-3)24(20)25(30-32)31-38(34,35)23-11-10-22(27)37-23/h4-11,13,16,19H,12,14-15,28H2,1-3H3,(H,29,33)(H,30,31). The van der Waals surface area contributed by atoms with E-state index in [2.05, 4.69) is 15.1 Å². The molecule has 0 bridgehead atoms. The van der Waals surface area contributed by atoms with E-state index in [0.29, 0.717) is 46.4 Å². The highest BCUT2D eigenvalue weighted by Crippen LogP contribution is 2.35. The van der Waals surface area contributed by atoms with Gasteiger partial charge in [-0.3, -0.25) is 14.2 Å². The summed E-state index contributed by atoms with van der Waals surface area (Å²) in [7, 11) is -2.38. The number of aromatic nitrogens is 2. The van der Waals surface area contributed by atoms with Crippen LogP contribution < -0.4 is 20.5 Å². The lowest BCUT2D eigenvalue weighted by molar-refractivity contribution is -0.122. The first-order valence-electron chi connectivity index (χ1n) is 12.0. The number of ether oxygens (including phenoxy) is 1. The maximum absolute atomic E-state index is 13.0. The predicted octanol–water partition coefficient (Wildman–Crippen LogP) is 4.60. The smallest absolute Gasteiger partial charge is 0.272 e. The largest absolute Gasteiger partial charge is 0.496 e. The van der Waals surface area contributed by atoms with Gasteiger partial charge in [0, 0.05) is 6.54 Å². The molecule has 2 heterocycles. The highest BCUT2D eigenvalue weighted by Gasteiger charge is 2.23. The fourth-order valence-corrected chi connectivity index (χ4v) is 6.62. The number of hydrogen-bond acceptors (Lipinski definition) is 7. The number of amides is 1. The third kappa shape index (κ3) is 6.47. The fraction of sp³-hybridized carbons (Fsp3) is 0.308. The Morgan fingerprint density at radius 1 is 1.16 bits per heavy atom. The van der Waals surface area contributed by atoms with Gasteiger partial charge in [-0.25, -0.2) is 8.42 Å². The normalized spacial score (nSPS) is 12.6. The quantitative estimate of drug-likeness (QED) is 0.240. The summed E-state index contributed by atoms with van der Waals surface area (Å²) < 4.78 is 36.3. The zero-order valence-electron chi connectivity index (χ0n) is 21.3. The lowest BCUT2D eigenvalue weighted by atomic mass is 10.0. The molecule has 4 rings (SSSR count). The van der Waals surface area contributed by atoms with E-state index in [1.54, 1.807) is 10.7 Å². The molecule has 4 N–H and O–H groups in total. The van der Waals surface area contributed by atoms with E-state index in [1.165, 1.54) is 19.2 Å². The molecular formula is C26H30ClN5O4S2. The van der Waals surface area contributed by atoms with Crippen LogP contribution in [0.5, 0.6) is 5.75 Å². The van der Waals surface area contributed by atoms with Crippen LogP contribution in [0, 0.1) is 5.92 Å². The molecule has 0 spiro atoms. The first-order valence-corrected chi connectivity index (χ1v) is 14.7. The number of halogens is 1. The number of sulfonamides is 1. The molecular weight excluding hydrogens is 546 g/mol. The number of carbonyl (C=O) groups is 1. The maximum atomic E-state index is 13.0. The van der Waals surface area contributed by atoms with E-state index in [1.807, 2.05) is 50.2 Å². The molecule has 9 nitrogen and oxygen atoms in total. The van der Waals surface area contributed by atoms with Crippen LogP contribution in [0.3, 0.4) is 0 Å². The van der Waals surface area contributed by atoms with Crippen molar-refractivity contribution < 1.29 is 17.9 Å². The summed E-state index contributed by atoms with van der Waals surface area (Å²) in [5.74, 6) is 0.798. The van der Waals surface area contributed by atoms with E-state index < -0.39 is 16.1 Å². The minimum Gasteiger partial charge on any atom is -0.496 e. The number of fused-ring (bicyclic) bond motifs is 1. The van der Waals surface area contributed by atoms with Crippen molar-refractivity contribution in [3.05, 3.63) is 70.1 Å². The minimum absolute atomic E-state index is 0.0861. The monoisotopic (exact) mass is 575 g/mol. The summed E-state index contributed by atoms with van der Waals surface area (Å²) >= 11 is 6.91. The number of anilines is 1. The lowest BCUT2D eigenvalue weighted by Crippen LogP contribution is -2.41. The van der Waals surface area contributed by atoms with Crippen molar-refractivity contribution in [1.82, 2.24) is 15.1 Å². The highest BCUT2D eigenvalue weighted by atomic mass is 35.5. The van der Waals surface area contributed by atoms with Gasteiger partial charge in [-0.15, -0.1) is 11.3 Å². The molecule has 12 heteroatoms. The van der Waals surface area contributed by atoms with Crippen LogP contribution in [-0.2, 0) is 27.9 Å². The second-order valence-electron chi connectivity index (χ2n) is 9.30. The van der Waals surface area contributed by atoms with Gasteiger partial charge in [0.2, 0.25) is 5.91 Å². The molecule has 1 amide bonds. The number of benzene rings is 2. The third-order valence-electron chi connectivity index (χ3n) is 5.86. The Balaban J connectivity index is 1.59. The molecule has 0 saturated carbocycles. The van der Waals surface area contributed by atoms with Crippen molar-refractivity contribution in [2.75, 3.05) is 11.8 Å². The Bertz CT molecular complexity index is 1550. The molecule has 0 saturated heterocycles. The molecule has 4 aromatic rings. The average Bonchev–Trinajstić information content (AvgIpc) is 3.46. The van der Waals surface area contributed by atoms with Crippen molar-refractivity contribution in [3.63, 3.8) is 0 Å². The first-order chi connectivity index (χ1) is 18.1. The Morgan fingerprint density at radius 2 is 1.89 bits per heavy atom. The van der Waals surface area contributed by atoms with E-state index in [4.69, 9.17) is 22.1 Å². The second-order valence-corrected chi connectivity index (χ2v) is 12.9. The molecule has 1 unspecified atom stereocenters. The molecule has 0 aliphatic carbocycles. The Morgan fingerprint density at radius 3 is 2.58 bits per heavy atom. The molecule has 202 valence electrons. The maximum Gasteiger partial charge on any atom is 0.272 e. The third-order valence-corrected chi connectivity index (χ3v) is 8.92. The van der Waals surface area contributed by atoms with Crippen LogP contribution in [0.15, 0.2) is 58.8 Å². The average molecular weight is 576 g/mol. The van der Waals surface area contributed by atoms with Crippen LogP contribution in [0.4, 0.5) is 5.82 Å². The van der Waals surface area contributed by atoms with Gasteiger partial charge in [-0.1, -0.05) is 55.8 Å². The fourth-order valence-electron chi connectivity index (χ4n) is 4.13. The van der Waals surface area contributed by atoms with Gasteiger partial charge in [-0.2, -0.15) is 5.10 Å². The van der Waals surface area contributed by atoms with Crippen LogP contribution in [0.2, 0.25) is 4.34 Å². The molecule has 0 aliphatic heterocycles. The number of methoxy groups -OCH3 is 1. The zero-order valence-corrected chi connectivity index (χ0v) is 23.7. The number of nitrogens with zero attached hydrogens (tertiary/aromatic N) is 2. The number of rotatable bonds is 11. The van der Waals surface area contributed by atoms with Crippen molar-refractivity contribution in [3.8, 4) is 5.75 Å². The number of nitrogens with one attached hydrogen (secondary N) is 2. The van der Waals surface area contributed by atoms with E-state index >= 15 is 0 Å². The first kappa shape index (κ1) is 27.9. The number of nitrogens with two attached hydrogens (primary N) is 1. The molecule has 2 aromatic carbocycles. The topological polar surface area (TPSA) is 128 Å². The zero-order chi connectivity index (χ0) is 27.4. The van der Waals surface area contributed by atoms with Gasteiger partial charge in [0.15, 0.2) is 5.82 Å². The molecule has 0 radical (unpaired) electrons. The minimum atomic E-state index is -3.90. The molecule has 38 heavy (non-hydrogen) atoms. The van der Waals surface area contributed by atoms with Crippen molar-refractivity contribution in [2.24, 2.45) is 11.7 Å². The van der Waals surface area contributed by atoms with Crippen molar-refractivity contribution in [2.45, 2.75) is 43.6 Å². The van der Waals surface area contributed by atoms with E-state index in [0.717, 1.165) is 22.5 Å². The van der Waals surface area contributed by atoms with E-state index in [-0.39, 0.29) is 15.9 Å². The summed E-state index contributed by atoms with van der Waals surface area (Å²) in [4.78, 5) is 12.3. The van der Waals surface area contributed by atoms with Gasteiger partial charge in [0.1, 0.15) is 9.96 Å². The Hall–Kier alpha value is -3.12. The number of hydrogen-bond donors (Lipinski definition) is 3. The van der Waals surface area contributed by atoms with E-state index in [9.17, 15) is 13.2 Å². The SMILES string of the molecule is COc1cccc2c1c(NS(=O)(=O)c1ccc(Cl)s1)nn2Cc1cccc(CNC(=O)C(N)CC(C)C)c1. The summed E-state index contributed by atoms with van der Waals surface area (Å²) in [6.45, 7) is 4.77. The predicted molar refractivity (Wildman–Crippen MR) is 151 cm³/mol. The van der Waals surface area contributed by atoms with Crippen LogP contribution >= 0.6 is 22.9 Å². The van der Waals surface area contributed by atoms with Gasteiger partial charge in [0.05, 0.1) is 34.9 Å². The van der Waals surface area contributed by atoms with Gasteiger partial charge in [-0.05, 0) is 47.7 Å².